The molecule has 0 aliphatic carbocycles. The fraction of sp³-hybridized carbons (Fsp3) is 0.200. The van der Waals surface area contributed by atoms with E-state index in [1.807, 2.05) is 18.4 Å². The first kappa shape index (κ1) is 4.78. The molecule has 0 atom stereocenters. The van der Waals surface area contributed by atoms with E-state index < -0.39 is 0 Å². The lowest BCUT2D eigenvalue weighted by atomic mass is 10.3. The van der Waals surface area contributed by atoms with Crippen molar-refractivity contribution >= 4 is 12.0 Å². The summed E-state index contributed by atoms with van der Waals surface area (Å²) in [5, 5.41) is 1.91. The molecule has 0 radical (unpaired) electrons. The van der Waals surface area contributed by atoms with Crippen molar-refractivity contribution < 1.29 is 4.18 Å². The molecule has 0 spiro atoms. The number of rotatable bonds is 0. The molecule has 0 aromatic rings. The van der Waals surface area contributed by atoms with E-state index in [2.05, 4.69) is 0 Å². The fourth-order valence-electron chi connectivity index (χ4n) is 0.310. The quantitative estimate of drug-likeness (QED) is 0.446. The van der Waals surface area contributed by atoms with Crippen LogP contribution >= 0.6 is 12.0 Å². The van der Waals surface area contributed by atoms with Crippen LogP contribution in [0.1, 0.15) is 6.92 Å². The van der Waals surface area contributed by atoms with Gasteiger partial charge in [0.25, 0.3) is 0 Å². The van der Waals surface area contributed by atoms with Crippen LogP contribution in [-0.4, -0.2) is 0 Å². The minimum atomic E-state index is 1.17. The van der Waals surface area contributed by atoms with E-state index in [-0.39, 0.29) is 0 Å². The van der Waals surface area contributed by atoms with Crippen LogP contribution in [-0.2, 0) is 4.18 Å². The van der Waals surface area contributed by atoms with Crippen molar-refractivity contribution in [2.45, 2.75) is 6.92 Å². The molecule has 0 N–H and O–H groups in total. The maximum Gasteiger partial charge on any atom is 0.104 e. The van der Waals surface area contributed by atoms with Gasteiger partial charge in [0.05, 0.1) is 12.0 Å². The van der Waals surface area contributed by atoms with Crippen LogP contribution in [0.4, 0.5) is 0 Å². The zero-order valence-electron chi connectivity index (χ0n) is 4.05. The summed E-state index contributed by atoms with van der Waals surface area (Å²) in [5.41, 5.74) is 1.17. The van der Waals surface area contributed by atoms with Crippen LogP contribution in [0.15, 0.2) is 23.3 Å². The van der Waals surface area contributed by atoms with Crippen molar-refractivity contribution in [2.24, 2.45) is 0 Å². The molecule has 1 aliphatic rings. The molecule has 1 rings (SSSR count). The number of allylic oxidation sites excluding steroid dienone is 2. The van der Waals surface area contributed by atoms with Crippen LogP contribution in [0, 0.1) is 0 Å². The first-order valence-electron chi connectivity index (χ1n) is 2.05. The molecule has 0 aromatic heterocycles. The summed E-state index contributed by atoms with van der Waals surface area (Å²) in [6.45, 7) is 2.00. The molecule has 2 heteroatoms. The summed E-state index contributed by atoms with van der Waals surface area (Å²) in [7, 11) is 0. The Morgan fingerprint density at radius 1 is 1.71 bits per heavy atom. The molecule has 1 heterocycles. The van der Waals surface area contributed by atoms with Gasteiger partial charge in [-0.15, -0.1) is 0 Å². The molecular formula is C5H6OS. The monoisotopic (exact) mass is 114 g/mol. The third kappa shape index (κ3) is 1.27. The number of hydrogen-bond acceptors (Lipinski definition) is 2. The van der Waals surface area contributed by atoms with Gasteiger partial charge in [0.15, 0.2) is 0 Å². The van der Waals surface area contributed by atoms with E-state index in [4.69, 9.17) is 4.18 Å². The maximum absolute atomic E-state index is 4.85. The van der Waals surface area contributed by atoms with Crippen molar-refractivity contribution in [2.75, 3.05) is 0 Å². The summed E-state index contributed by atoms with van der Waals surface area (Å²) >= 11 is 1.34. The molecule has 1 aliphatic heterocycles. The lowest BCUT2D eigenvalue weighted by Crippen LogP contribution is -1.73. The SMILES string of the molecule is CC1=COSC=C1. The Bertz CT molecular complexity index is 115. The van der Waals surface area contributed by atoms with Gasteiger partial charge < -0.3 is 4.18 Å². The minimum absolute atomic E-state index is 1.17. The van der Waals surface area contributed by atoms with Gasteiger partial charge in [0.1, 0.15) is 6.26 Å². The van der Waals surface area contributed by atoms with Crippen LogP contribution in [0.5, 0.6) is 0 Å². The fourth-order valence-corrected chi connectivity index (χ4v) is 0.852. The highest BCUT2D eigenvalue weighted by atomic mass is 32.2. The third-order valence-corrected chi connectivity index (χ3v) is 1.13. The van der Waals surface area contributed by atoms with Gasteiger partial charge in [-0.1, -0.05) is 0 Å². The highest BCUT2D eigenvalue weighted by Gasteiger charge is 1.87. The van der Waals surface area contributed by atoms with Crippen molar-refractivity contribution in [3.05, 3.63) is 23.3 Å². The molecule has 0 fully saturated rings. The molecule has 38 valence electrons. The summed E-state index contributed by atoms with van der Waals surface area (Å²) in [6.07, 6.45) is 3.73. The largest absolute Gasteiger partial charge is 0.429 e. The highest BCUT2D eigenvalue weighted by Crippen LogP contribution is 2.13. The lowest BCUT2D eigenvalue weighted by molar-refractivity contribution is 0.563. The normalized spacial score (nSPS) is 18.1. The molecule has 0 amide bonds. The standard InChI is InChI=1S/C5H6OS/c1-5-2-3-7-6-4-5/h2-4H,1H3. The zero-order valence-corrected chi connectivity index (χ0v) is 4.87. The molecule has 0 saturated heterocycles. The van der Waals surface area contributed by atoms with E-state index in [1.54, 1.807) is 6.26 Å². The first-order valence-corrected chi connectivity index (χ1v) is 2.85. The molecule has 0 unspecified atom stereocenters. The van der Waals surface area contributed by atoms with Gasteiger partial charge in [-0.2, -0.15) is 0 Å². The van der Waals surface area contributed by atoms with Gasteiger partial charge in [-0.3, -0.25) is 0 Å². The Morgan fingerprint density at radius 3 is 2.86 bits per heavy atom. The van der Waals surface area contributed by atoms with Crippen molar-refractivity contribution in [1.82, 2.24) is 0 Å². The smallest absolute Gasteiger partial charge is 0.104 e. The van der Waals surface area contributed by atoms with Crippen molar-refractivity contribution in [1.29, 1.82) is 0 Å². The van der Waals surface area contributed by atoms with Crippen molar-refractivity contribution in [3.8, 4) is 0 Å². The van der Waals surface area contributed by atoms with Gasteiger partial charge >= 0.3 is 0 Å². The first-order chi connectivity index (χ1) is 3.39. The third-order valence-electron chi connectivity index (χ3n) is 0.676. The average molecular weight is 114 g/mol. The van der Waals surface area contributed by atoms with E-state index in [1.165, 1.54) is 17.6 Å². The highest BCUT2D eigenvalue weighted by molar-refractivity contribution is 7.97. The minimum Gasteiger partial charge on any atom is -0.429 e. The summed E-state index contributed by atoms with van der Waals surface area (Å²) in [6, 6.07) is 0. The Morgan fingerprint density at radius 2 is 2.57 bits per heavy atom. The van der Waals surface area contributed by atoms with E-state index in [9.17, 15) is 0 Å². The van der Waals surface area contributed by atoms with Gasteiger partial charge in [0, 0.05) is 5.41 Å². The second-order valence-electron chi connectivity index (χ2n) is 1.36. The second-order valence-corrected chi connectivity index (χ2v) is 2.01. The van der Waals surface area contributed by atoms with Crippen molar-refractivity contribution in [3.63, 3.8) is 0 Å². The Balaban J connectivity index is 2.58. The van der Waals surface area contributed by atoms with Crippen LogP contribution in [0.25, 0.3) is 0 Å². The summed E-state index contributed by atoms with van der Waals surface area (Å²) in [5.74, 6) is 0. The molecule has 1 nitrogen and oxygen atoms in total. The van der Waals surface area contributed by atoms with E-state index >= 15 is 0 Å². The summed E-state index contributed by atoms with van der Waals surface area (Å²) < 4.78 is 4.85. The van der Waals surface area contributed by atoms with Gasteiger partial charge in [-0.05, 0) is 18.6 Å². The predicted molar refractivity (Wildman–Crippen MR) is 31.6 cm³/mol. The molecule has 0 saturated carbocycles. The topological polar surface area (TPSA) is 9.23 Å². The lowest BCUT2D eigenvalue weighted by Gasteiger charge is -1.98. The molecule has 0 aromatic carbocycles. The molecule has 0 bridgehead atoms. The van der Waals surface area contributed by atoms with E-state index in [0.717, 1.165) is 0 Å². The maximum atomic E-state index is 4.85. The van der Waals surface area contributed by atoms with Gasteiger partial charge in [0.2, 0.25) is 0 Å². The second kappa shape index (κ2) is 2.07. The number of hydrogen-bond donors (Lipinski definition) is 0. The summed E-state index contributed by atoms with van der Waals surface area (Å²) in [4.78, 5) is 0. The van der Waals surface area contributed by atoms with Crippen LogP contribution in [0.3, 0.4) is 0 Å². The van der Waals surface area contributed by atoms with Gasteiger partial charge in [-0.25, -0.2) is 0 Å². The Kier molecular flexibility index (Phi) is 1.42. The Hall–Kier alpha value is -0.370. The average Bonchev–Trinajstić information content (AvgIpc) is 1.69. The van der Waals surface area contributed by atoms with E-state index in [0.29, 0.717) is 0 Å². The predicted octanol–water partition coefficient (Wildman–Crippen LogP) is 2.08. The zero-order chi connectivity index (χ0) is 5.11. The molecular weight excluding hydrogens is 108 g/mol. The molecule has 7 heavy (non-hydrogen) atoms. The van der Waals surface area contributed by atoms with Crippen LogP contribution in [0.2, 0.25) is 0 Å². The Labute approximate surface area is 47.3 Å². The van der Waals surface area contributed by atoms with Crippen LogP contribution < -0.4 is 0 Å².